The Labute approximate surface area is 187 Å². The van der Waals surface area contributed by atoms with E-state index in [1.807, 2.05) is 23.1 Å². The maximum atomic E-state index is 13.1. The van der Waals surface area contributed by atoms with E-state index in [1.165, 1.54) is 0 Å². The molecule has 3 heterocycles. The zero-order chi connectivity index (χ0) is 24.0. The third-order valence-electron chi connectivity index (χ3n) is 6.83. The Morgan fingerprint density at radius 1 is 1.13 bits per heavy atom. The van der Waals surface area contributed by atoms with Gasteiger partial charge in [-0.3, -0.25) is 14.5 Å². The number of β-amino-alcohol motifs (C(OH)–C–C–N with tert-alkyl or cyclic N) is 1. The molecule has 5 rings (SSSR count). The van der Waals surface area contributed by atoms with Crippen LogP contribution in [0, 0.1) is 6.85 Å². The van der Waals surface area contributed by atoms with Crippen LogP contribution < -0.4 is 5.32 Å². The molecule has 0 aliphatic carbocycles. The van der Waals surface area contributed by atoms with Crippen molar-refractivity contribution in [2.24, 2.45) is 0 Å². The van der Waals surface area contributed by atoms with Crippen LogP contribution >= 0.6 is 0 Å². The van der Waals surface area contributed by atoms with Crippen molar-refractivity contribution in [2.75, 3.05) is 25.0 Å². The van der Waals surface area contributed by atoms with E-state index in [0.717, 1.165) is 41.8 Å². The molecular weight excluding hydrogens is 390 g/mol. The van der Waals surface area contributed by atoms with Crippen molar-refractivity contribution in [3.05, 3.63) is 64.7 Å². The molecule has 6 heteroatoms. The van der Waals surface area contributed by atoms with Gasteiger partial charge in [0.2, 0.25) is 11.8 Å². The first-order valence-electron chi connectivity index (χ1n) is 12.4. The fourth-order valence-electron chi connectivity index (χ4n) is 5.16. The van der Waals surface area contributed by atoms with E-state index in [9.17, 15) is 14.7 Å². The van der Waals surface area contributed by atoms with E-state index >= 15 is 0 Å². The predicted molar refractivity (Wildman–Crippen MR) is 119 cm³/mol. The van der Waals surface area contributed by atoms with Crippen LogP contribution in [0.3, 0.4) is 0 Å². The number of piperidine rings is 1. The van der Waals surface area contributed by atoms with Gasteiger partial charge in [0.05, 0.1) is 18.6 Å². The molecule has 3 unspecified atom stereocenters. The Bertz CT molecular complexity index is 1100. The first-order valence-corrected chi connectivity index (χ1v) is 10.9. The minimum atomic E-state index is -2.13. The third-order valence-corrected chi connectivity index (χ3v) is 6.83. The zero-order valence-corrected chi connectivity index (χ0v) is 17.4. The van der Waals surface area contributed by atoms with Crippen molar-refractivity contribution in [2.45, 2.75) is 50.7 Å². The fourth-order valence-corrected chi connectivity index (χ4v) is 5.16. The van der Waals surface area contributed by atoms with E-state index < -0.39 is 13.0 Å². The summed E-state index contributed by atoms with van der Waals surface area (Å²) in [6.07, 6.45) is 1.27. The lowest BCUT2D eigenvalue weighted by Gasteiger charge is -2.38. The number of amides is 2. The summed E-state index contributed by atoms with van der Waals surface area (Å²) in [5.74, 6) is 0.0503. The Morgan fingerprint density at radius 2 is 1.97 bits per heavy atom. The lowest BCUT2D eigenvalue weighted by atomic mass is 9.85. The standard InChI is InChI=1S/C25H29N3O3/c1-16-2-4-17(5-3-16)14-28-11-9-22(25(28)31)27-10-8-20(23(29)15-27)18-6-7-21-19(12-18)13-24(30)26-21/h2-7,12,20,22-23,29H,8-11,13-15H2,1H3,(H,26,30)/i1D3. The monoisotopic (exact) mass is 422 g/mol. The molecule has 2 saturated heterocycles. The molecule has 0 aromatic heterocycles. The van der Waals surface area contributed by atoms with Gasteiger partial charge in [-0.25, -0.2) is 0 Å². The molecule has 2 amide bonds. The van der Waals surface area contributed by atoms with Crippen LogP contribution in [0.1, 0.15) is 45.1 Å². The number of likely N-dealkylation sites (tertiary alicyclic amines) is 2. The van der Waals surface area contributed by atoms with Crippen LogP contribution in [-0.2, 0) is 22.6 Å². The van der Waals surface area contributed by atoms with Gasteiger partial charge in [-0.2, -0.15) is 0 Å². The number of aliphatic hydroxyl groups is 1. The maximum absolute atomic E-state index is 13.1. The summed E-state index contributed by atoms with van der Waals surface area (Å²) in [6.45, 7) is 0.141. The van der Waals surface area contributed by atoms with E-state index in [2.05, 4.69) is 10.2 Å². The van der Waals surface area contributed by atoms with Gasteiger partial charge < -0.3 is 15.3 Å². The van der Waals surface area contributed by atoms with Crippen LogP contribution in [0.2, 0.25) is 0 Å². The van der Waals surface area contributed by atoms with Gasteiger partial charge in [0, 0.05) is 35.4 Å². The van der Waals surface area contributed by atoms with Gasteiger partial charge in [0.1, 0.15) is 0 Å². The molecule has 162 valence electrons. The van der Waals surface area contributed by atoms with Crippen molar-refractivity contribution in [3.63, 3.8) is 0 Å². The molecule has 2 fully saturated rings. The minimum Gasteiger partial charge on any atom is -0.391 e. The Hall–Kier alpha value is -2.70. The lowest BCUT2D eigenvalue weighted by molar-refractivity contribution is -0.133. The quantitative estimate of drug-likeness (QED) is 0.794. The number of carbonyl (C=O) groups excluding carboxylic acids is 2. The first kappa shape index (κ1) is 16.9. The molecule has 3 aliphatic rings. The van der Waals surface area contributed by atoms with Crippen molar-refractivity contribution < 1.29 is 18.8 Å². The molecule has 2 N–H and O–H groups in total. The average Bonchev–Trinajstić information content (AvgIpc) is 3.34. The molecule has 0 spiro atoms. The number of rotatable bonds is 4. The predicted octanol–water partition coefficient (Wildman–Crippen LogP) is 2.44. The molecule has 0 bridgehead atoms. The summed E-state index contributed by atoms with van der Waals surface area (Å²) < 4.78 is 22.5. The fraction of sp³-hybridized carbons (Fsp3) is 0.440. The largest absolute Gasteiger partial charge is 0.391 e. The van der Waals surface area contributed by atoms with Gasteiger partial charge in [-0.15, -0.1) is 0 Å². The highest BCUT2D eigenvalue weighted by atomic mass is 16.3. The zero-order valence-electron chi connectivity index (χ0n) is 20.4. The van der Waals surface area contributed by atoms with Crippen LogP contribution in [0.25, 0.3) is 0 Å². The van der Waals surface area contributed by atoms with Gasteiger partial charge in [-0.1, -0.05) is 42.0 Å². The molecule has 3 atom stereocenters. The minimum absolute atomic E-state index is 0.0000353. The van der Waals surface area contributed by atoms with E-state index in [4.69, 9.17) is 4.11 Å². The summed E-state index contributed by atoms with van der Waals surface area (Å²) >= 11 is 0. The van der Waals surface area contributed by atoms with Crippen LogP contribution in [0.4, 0.5) is 5.69 Å². The summed E-state index contributed by atoms with van der Waals surface area (Å²) in [4.78, 5) is 28.7. The van der Waals surface area contributed by atoms with E-state index in [1.54, 1.807) is 24.3 Å². The summed E-state index contributed by atoms with van der Waals surface area (Å²) in [7, 11) is 0. The molecule has 2 aromatic rings. The Morgan fingerprint density at radius 3 is 2.74 bits per heavy atom. The Kier molecular flexibility index (Phi) is 4.42. The molecular formula is C25H29N3O3. The number of hydrogen-bond donors (Lipinski definition) is 2. The van der Waals surface area contributed by atoms with Crippen molar-refractivity contribution in [1.82, 2.24) is 9.80 Å². The first-order chi connectivity index (χ1) is 16.2. The normalized spacial score (nSPS) is 28.1. The van der Waals surface area contributed by atoms with Crippen molar-refractivity contribution in [3.8, 4) is 0 Å². The number of aryl methyl sites for hydroxylation is 1. The number of carbonyl (C=O) groups is 2. The smallest absolute Gasteiger partial charge is 0.240 e. The van der Waals surface area contributed by atoms with E-state index in [-0.39, 0.29) is 23.8 Å². The number of benzene rings is 2. The highest BCUT2D eigenvalue weighted by Crippen LogP contribution is 2.34. The van der Waals surface area contributed by atoms with Crippen LogP contribution in [0.5, 0.6) is 0 Å². The Balaban J connectivity index is 1.20. The molecule has 0 saturated carbocycles. The second-order valence-electron chi connectivity index (χ2n) is 8.86. The van der Waals surface area contributed by atoms with E-state index in [0.29, 0.717) is 31.6 Å². The number of hydrogen-bond acceptors (Lipinski definition) is 4. The summed E-state index contributed by atoms with van der Waals surface area (Å²) in [6, 6.07) is 12.4. The summed E-state index contributed by atoms with van der Waals surface area (Å²) in [5.41, 5.74) is 4.08. The molecule has 0 radical (unpaired) electrons. The highest BCUT2D eigenvalue weighted by molar-refractivity contribution is 5.99. The van der Waals surface area contributed by atoms with Crippen molar-refractivity contribution >= 4 is 17.5 Å². The number of nitrogens with zero attached hydrogens (tertiary/aromatic N) is 2. The number of anilines is 1. The molecule has 2 aromatic carbocycles. The molecule has 3 aliphatic heterocycles. The molecule has 6 nitrogen and oxygen atoms in total. The highest BCUT2D eigenvalue weighted by Gasteiger charge is 2.40. The number of aliphatic hydroxyl groups excluding tert-OH is 1. The average molecular weight is 423 g/mol. The van der Waals surface area contributed by atoms with Gasteiger partial charge in [-0.05, 0) is 49.0 Å². The van der Waals surface area contributed by atoms with Gasteiger partial charge in [0.15, 0.2) is 0 Å². The second-order valence-corrected chi connectivity index (χ2v) is 8.86. The van der Waals surface area contributed by atoms with Crippen LogP contribution in [0.15, 0.2) is 42.5 Å². The molecule has 31 heavy (non-hydrogen) atoms. The second kappa shape index (κ2) is 8.09. The van der Waals surface area contributed by atoms with Gasteiger partial charge in [0.25, 0.3) is 0 Å². The SMILES string of the molecule is [2H]C([2H])([2H])c1ccc(CN2CCC(N3CCC(c4ccc5c(c4)CC(=O)N5)C(O)C3)C2=O)cc1. The maximum Gasteiger partial charge on any atom is 0.240 e. The van der Waals surface area contributed by atoms with Crippen LogP contribution in [-0.4, -0.2) is 58.5 Å². The van der Waals surface area contributed by atoms with Gasteiger partial charge >= 0.3 is 0 Å². The number of nitrogens with one attached hydrogen (secondary N) is 1. The number of fused-ring (bicyclic) bond motifs is 1. The third kappa shape index (κ3) is 3.98. The van der Waals surface area contributed by atoms with Crippen molar-refractivity contribution in [1.29, 1.82) is 0 Å². The topological polar surface area (TPSA) is 72.9 Å². The summed E-state index contributed by atoms with van der Waals surface area (Å²) in [5, 5.41) is 13.8. The lowest BCUT2D eigenvalue weighted by Crippen LogP contribution is -2.50.